The molecule has 7 nitrogen and oxygen atoms in total. The normalized spacial score (nSPS) is 17.6. The largest absolute Gasteiger partial charge is 0.492 e. The average Bonchev–Trinajstić information content (AvgIpc) is 3.29. The molecule has 5 rings (SSSR count). The van der Waals surface area contributed by atoms with Crippen molar-refractivity contribution in [2.45, 2.75) is 25.7 Å². The summed E-state index contributed by atoms with van der Waals surface area (Å²) in [6, 6.07) is 6.37. The number of nitrogens with zero attached hydrogens (tertiary/aromatic N) is 4. The fourth-order valence-electron chi connectivity index (χ4n) is 3.92. The molecular formula is C20H22N6O. The monoisotopic (exact) mass is 362 g/mol. The van der Waals surface area contributed by atoms with Crippen molar-refractivity contribution in [3.8, 4) is 16.9 Å². The first-order valence-electron chi connectivity index (χ1n) is 9.49. The van der Waals surface area contributed by atoms with Crippen molar-refractivity contribution in [2.24, 2.45) is 0 Å². The van der Waals surface area contributed by atoms with E-state index in [2.05, 4.69) is 38.8 Å². The molecule has 2 N–H and O–H groups in total. The molecule has 0 radical (unpaired) electrons. The van der Waals surface area contributed by atoms with Crippen LogP contribution in [-0.2, 0) is 0 Å². The van der Waals surface area contributed by atoms with Crippen LogP contribution in [0.1, 0.15) is 31.4 Å². The number of H-pyrrole nitrogens is 1. The van der Waals surface area contributed by atoms with Gasteiger partial charge in [-0.25, -0.2) is 4.52 Å². The molecule has 1 aliphatic rings. The minimum Gasteiger partial charge on any atom is -0.492 e. The Balaban J connectivity index is 1.62. The zero-order valence-corrected chi connectivity index (χ0v) is 15.3. The second-order valence-corrected chi connectivity index (χ2v) is 6.96. The fraction of sp³-hybridized carbons (Fsp3) is 0.350. The van der Waals surface area contributed by atoms with Gasteiger partial charge in [0.2, 0.25) is 0 Å². The fourth-order valence-corrected chi connectivity index (χ4v) is 3.92. The van der Waals surface area contributed by atoms with Crippen LogP contribution in [0.3, 0.4) is 0 Å². The Bertz CT molecular complexity index is 1080. The number of rotatable bonds is 4. The first-order valence-corrected chi connectivity index (χ1v) is 9.49. The molecule has 1 atom stereocenters. The number of aromatic nitrogens is 5. The predicted molar refractivity (Wildman–Crippen MR) is 104 cm³/mol. The Morgan fingerprint density at radius 3 is 3.04 bits per heavy atom. The van der Waals surface area contributed by atoms with Gasteiger partial charge in [-0.2, -0.15) is 5.10 Å². The topological polar surface area (TPSA) is 80.1 Å². The van der Waals surface area contributed by atoms with E-state index in [1.165, 1.54) is 12.8 Å². The smallest absolute Gasteiger partial charge is 0.178 e. The number of nitrogens with one attached hydrogen (secondary N) is 2. The van der Waals surface area contributed by atoms with E-state index < -0.39 is 0 Å². The molecule has 5 heterocycles. The van der Waals surface area contributed by atoms with Crippen LogP contribution >= 0.6 is 0 Å². The van der Waals surface area contributed by atoms with Crippen LogP contribution in [0.2, 0.25) is 0 Å². The molecule has 0 spiro atoms. The molecular weight excluding hydrogens is 340 g/mol. The molecule has 0 bridgehead atoms. The Hall–Kier alpha value is -2.93. The highest BCUT2D eigenvalue weighted by Crippen LogP contribution is 2.33. The molecule has 0 amide bonds. The summed E-state index contributed by atoms with van der Waals surface area (Å²) in [4.78, 5) is 4.78. The highest BCUT2D eigenvalue weighted by molar-refractivity contribution is 6.00. The number of fused-ring (bicyclic) bond motifs is 3. The highest BCUT2D eigenvalue weighted by atomic mass is 16.5. The lowest BCUT2D eigenvalue weighted by Gasteiger charge is -2.22. The molecule has 4 aromatic rings. The van der Waals surface area contributed by atoms with Gasteiger partial charge in [-0.15, -0.1) is 5.10 Å². The standard InChI is InChI=1S/C20H22N6O/c1-2-27-15-8-16(19-17-11-23-24-20(17)25-26(19)12-15)13-5-6-18(22-10-13)14-4-3-7-21-9-14/h5-6,8,10-12,14,21H,2-4,7,9H2,1H3,(H,24,25). The van der Waals surface area contributed by atoms with Crippen molar-refractivity contribution in [1.29, 1.82) is 0 Å². The van der Waals surface area contributed by atoms with Crippen molar-refractivity contribution in [3.63, 3.8) is 0 Å². The van der Waals surface area contributed by atoms with Gasteiger partial charge in [-0.3, -0.25) is 10.1 Å². The summed E-state index contributed by atoms with van der Waals surface area (Å²) in [5.74, 6) is 1.29. The van der Waals surface area contributed by atoms with E-state index in [0.717, 1.165) is 52.2 Å². The van der Waals surface area contributed by atoms with E-state index in [4.69, 9.17) is 9.72 Å². The Kier molecular flexibility index (Phi) is 4.01. The van der Waals surface area contributed by atoms with Crippen LogP contribution in [0.25, 0.3) is 27.7 Å². The molecule has 1 unspecified atom stereocenters. The van der Waals surface area contributed by atoms with E-state index in [-0.39, 0.29) is 0 Å². The maximum absolute atomic E-state index is 5.75. The van der Waals surface area contributed by atoms with Gasteiger partial charge in [0.05, 0.1) is 29.9 Å². The van der Waals surface area contributed by atoms with Crippen molar-refractivity contribution < 1.29 is 4.74 Å². The third-order valence-electron chi connectivity index (χ3n) is 5.23. The van der Waals surface area contributed by atoms with E-state index in [1.54, 1.807) is 0 Å². The van der Waals surface area contributed by atoms with Gasteiger partial charge in [0.15, 0.2) is 5.65 Å². The predicted octanol–water partition coefficient (Wildman–Crippen LogP) is 3.14. The second-order valence-electron chi connectivity index (χ2n) is 6.96. The Morgan fingerprint density at radius 1 is 1.30 bits per heavy atom. The van der Waals surface area contributed by atoms with Crippen LogP contribution in [-0.4, -0.2) is 44.5 Å². The maximum atomic E-state index is 5.75. The van der Waals surface area contributed by atoms with Crippen molar-refractivity contribution >= 4 is 16.6 Å². The first-order chi connectivity index (χ1) is 13.3. The first kappa shape index (κ1) is 16.3. The van der Waals surface area contributed by atoms with Crippen LogP contribution in [0, 0.1) is 0 Å². The van der Waals surface area contributed by atoms with E-state index in [0.29, 0.717) is 12.5 Å². The van der Waals surface area contributed by atoms with Crippen molar-refractivity contribution in [3.05, 3.63) is 42.5 Å². The lowest BCUT2D eigenvalue weighted by Crippen LogP contribution is -2.28. The highest BCUT2D eigenvalue weighted by Gasteiger charge is 2.18. The van der Waals surface area contributed by atoms with Gasteiger partial charge >= 0.3 is 0 Å². The van der Waals surface area contributed by atoms with Gasteiger partial charge in [-0.1, -0.05) is 6.07 Å². The summed E-state index contributed by atoms with van der Waals surface area (Å²) >= 11 is 0. The molecule has 0 aliphatic carbocycles. The zero-order chi connectivity index (χ0) is 18.2. The summed E-state index contributed by atoms with van der Waals surface area (Å²) in [5.41, 5.74) is 5.03. The molecule has 1 saturated heterocycles. The summed E-state index contributed by atoms with van der Waals surface area (Å²) < 4.78 is 7.62. The molecule has 0 saturated carbocycles. The Morgan fingerprint density at radius 2 is 2.26 bits per heavy atom. The van der Waals surface area contributed by atoms with Gasteiger partial charge in [-0.05, 0) is 38.4 Å². The summed E-state index contributed by atoms with van der Waals surface area (Å²) in [6.45, 7) is 4.71. The number of ether oxygens (including phenoxy) is 1. The minimum absolute atomic E-state index is 0.498. The summed E-state index contributed by atoms with van der Waals surface area (Å²) in [5, 5.41) is 16.1. The Labute approximate surface area is 156 Å². The molecule has 4 aromatic heterocycles. The molecule has 1 fully saturated rings. The zero-order valence-electron chi connectivity index (χ0n) is 15.3. The van der Waals surface area contributed by atoms with Gasteiger partial charge in [0.25, 0.3) is 0 Å². The van der Waals surface area contributed by atoms with E-state index in [9.17, 15) is 0 Å². The maximum Gasteiger partial charge on any atom is 0.178 e. The molecule has 27 heavy (non-hydrogen) atoms. The van der Waals surface area contributed by atoms with Gasteiger partial charge in [0, 0.05) is 35.5 Å². The van der Waals surface area contributed by atoms with Crippen molar-refractivity contribution in [2.75, 3.05) is 19.7 Å². The minimum atomic E-state index is 0.498. The third kappa shape index (κ3) is 2.84. The number of aromatic amines is 1. The average molecular weight is 362 g/mol. The molecule has 138 valence electrons. The number of piperidine rings is 1. The SMILES string of the molecule is CCOc1cc(-c2ccc(C3CCCNC3)nc2)c2c3cn[nH]c3nn2c1. The second kappa shape index (κ2) is 6.66. The lowest BCUT2D eigenvalue weighted by molar-refractivity contribution is 0.338. The van der Waals surface area contributed by atoms with Crippen LogP contribution in [0.15, 0.2) is 36.8 Å². The third-order valence-corrected chi connectivity index (χ3v) is 5.23. The summed E-state index contributed by atoms with van der Waals surface area (Å²) in [6.07, 6.45) is 8.09. The van der Waals surface area contributed by atoms with E-state index in [1.807, 2.05) is 30.0 Å². The molecule has 1 aliphatic heterocycles. The quantitative estimate of drug-likeness (QED) is 0.583. The number of hydrogen-bond acceptors (Lipinski definition) is 5. The number of hydrogen-bond donors (Lipinski definition) is 2. The van der Waals surface area contributed by atoms with Crippen LogP contribution in [0.4, 0.5) is 0 Å². The number of pyridine rings is 2. The van der Waals surface area contributed by atoms with E-state index >= 15 is 0 Å². The van der Waals surface area contributed by atoms with Crippen LogP contribution in [0.5, 0.6) is 5.75 Å². The lowest BCUT2D eigenvalue weighted by atomic mass is 9.95. The van der Waals surface area contributed by atoms with Crippen molar-refractivity contribution in [1.82, 2.24) is 30.1 Å². The van der Waals surface area contributed by atoms with Gasteiger partial charge in [0.1, 0.15) is 5.75 Å². The van der Waals surface area contributed by atoms with Gasteiger partial charge < -0.3 is 10.1 Å². The van der Waals surface area contributed by atoms with Crippen LogP contribution < -0.4 is 10.1 Å². The molecule has 0 aromatic carbocycles. The molecule has 7 heteroatoms. The summed E-state index contributed by atoms with van der Waals surface area (Å²) in [7, 11) is 0.